The van der Waals surface area contributed by atoms with Crippen molar-refractivity contribution in [1.29, 1.82) is 0 Å². The van der Waals surface area contributed by atoms with Gasteiger partial charge in [-0.2, -0.15) is 0 Å². The van der Waals surface area contributed by atoms with E-state index in [2.05, 4.69) is 17.4 Å². The molecule has 3 nitrogen and oxygen atoms in total. The molecule has 23 heavy (non-hydrogen) atoms. The van der Waals surface area contributed by atoms with Gasteiger partial charge < -0.3 is 10.1 Å². The van der Waals surface area contributed by atoms with E-state index in [0.717, 1.165) is 18.9 Å². The topological polar surface area (TPSA) is 38.3 Å². The second-order valence-corrected chi connectivity index (χ2v) is 6.22. The summed E-state index contributed by atoms with van der Waals surface area (Å²) in [6, 6.07) is 11.9. The third-order valence-electron chi connectivity index (χ3n) is 4.32. The standard InChI is InChI=1S/C18H17ClFNO2/c1-23-18(9-12-4-2-3-5-13(12)10-18)11-21-17(22)15-7-6-14(20)8-16(15)19/h2-8H,9-11H2,1H3,(H,21,22). The van der Waals surface area contributed by atoms with Crippen molar-refractivity contribution in [2.45, 2.75) is 18.4 Å². The zero-order valence-corrected chi connectivity index (χ0v) is 13.5. The Morgan fingerprint density at radius 2 is 1.91 bits per heavy atom. The fourth-order valence-electron chi connectivity index (χ4n) is 3.01. The van der Waals surface area contributed by atoms with Gasteiger partial charge in [-0.05, 0) is 29.3 Å². The lowest BCUT2D eigenvalue weighted by atomic mass is 10.00. The van der Waals surface area contributed by atoms with E-state index >= 15 is 0 Å². The normalized spacial score (nSPS) is 15.3. The molecule has 1 amide bonds. The second kappa shape index (κ2) is 6.30. The number of hydrogen-bond acceptors (Lipinski definition) is 2. The molecular weight excluding hydrogens is 317 g/mol. The lowest BCUT2D eigenvalue weighted by Gasteiger charge is -2.27. The average Bonchev–Trinajstić information content (AvgIpc) is 2.92. The predicted octanol–water partition coefficient (Wildman–Crippen LogP) is 3.39. The summed E-state index contributed by atoms with van der Waals surface area (Å²) in [7, 11) is 1.66. The molecule has 1 aliphatic rings. The number of carbonyl (C=O) groups excluding carboxylic acids is 1. The highest BCUT2D eigenvalue weighted by atomic mass is 35.5. The van der Waals surface area contributed by atoms with Gasteiger partial charge in [-0.15, -0.1) is 0 Å². The van der Waals surface area contributed by atoms with Crippen LogP contribution < -0.4 is 5.32 Å². The van der Waals surface area contributed by atoms with E-state index in [9.17, 15) is 9.18 Å². The van der Waals surface area contributed by atoms with Crippen molar-refractivity contribution in [3.05, 3.63) is 70.0 Å². The lowest BCUT2D eigenvalue weighted by molar-refractivity contribution is 0.000176. The number of methoxy groups -OCH3 is 1. The van der Waals surface area contributed by atoms with Gasteiger partial charge in [0, 0.05) is 26.5 Å². The van der Waals surface area contributed by atoms with E-state index in [1.54, 1.807) is 7.11 Å². The number of carbonyl (C=O) groups is 1. The molecule has 0 fully saturated rings. The van der Waals surface area contributed by atoms with Gasteiger partial charge in [0.2, 0.25) is 0 Å². The Balaban J connectivity index is 1.71. The zero-order chi connectivity index (χ0) is 16.4. The van der Waals surface area contributed by atoms with Crippen LogP contribution in [0.3, 0.4) is 0 Å². The smallest absolute Gasteiger partial charge is 0.252 e. The molecule has 120 valence electrons. The van der Waals surface area contributed by atoms with Crippen molar-refractivity contribution in [3.8, 4) is 0 Å². The minimum Gasteiger partial charge on any atom is -0.376 e. The number of rotatable bonds is 4. The van der Waals surface area contributed by atoms with Crippen LogP contribution >= 0.6 is 11.6 Å². The molecule has 1 N–H and O–H groups in total. The first-order valence-electron chi connectivity index (χ1n) is 7.38. The van der Waals surface area contributed by atoms with Crippen LogP contribution in [0.25, 0.3) is 0 Å². The van der Waals surface area contributed by atoms with Gasteiger partial charge >= 0.3 is 0 Å². The third-order valence-corrected chi connectivity index (χ3v) is 4.64. The van der Waals surface area contributed by atoms with Crippen LogP contribution in [0, 0.1) is 5.82 Å². The van der Waals surface area contributed by atoms with Gasteiger partial charge in [0.1, 0.15) is 5.82 Å². The predicted molar refractivity (Wildman–Crippen MR) is 87.3 cm³/mol. The molecule has 0 saturated heterocycles. The van der Waals surface area contributed by atoms with Gasteiger partial charge in [-0.25, -0.2) is 4.39 Å². The molecule has 1 aliphatic carbocycles. The molecule has 0 unspecified atom stereocenters. The third kappa shape index (κ3) is 3.23. The molecule has 2 aromatic rings. The first-order valence-corrected chi connectivity index (χ1v) is 7.76. The Bertz CT molecular complexity index is 723. The second-order valence-electron chi connectivity index (χ2n) is 5.82. The largest absolute Gasteiger partial charge is 0.376 e. The van der Waals surface area contributed by atoms with E-state index in [1.165, 1.54) is 23.3 Å². The molecule has 0 aliphatic heterocycles. The molecule has 0 radical (unpaired) electrons. The molecule has 5 heteroatoms. The minimum absolute atomic E-state index is 0.101. The van der Waals surface area contributed by atoms with Crippen molar-refractivity contribution in [2.75, 3.05) is 13.7 Å². The molecule has 0 saturated carbocycles. The number of fused-ring (bicyclic) bond motifs is 1. The molecule has 0 aromatic heterocycles. The highest BCUT2D eigenvalue weighted by Gasteiger charge is 2.37. The monoisotopic (exact) mass is 333 g/mol. The molecule has 0 atom stereocenters. The van der Waals surface area contributed by atoms with E-state index in [-0.39, 0.29) is 16.5 Å². The van der Waals surface area contributed by atoms with E-state index < -0.39 is 11.4 Å². The van der Waals surface area contributed by atoms with Crippen molar-refractivity contribution >= 4 is 17.5 Å². The highest BCUT2D eigenvalue weighted by molar-refractivity contribution is 6.33. The fraction of sp³-hybridized carbons (Fsp3) is 0.278. The van der Waals surface area contributed by atoms with Gasteiger partial charge in [-0.1, -0.05) is 35.9 Å². The Labute approximate surface area is 139 Å². The maximum absolute atomic E-state index is 13.1. The van der Waals surface area contributed by atoms with Crippen molar-refractivity contribution in [2.24, 2.45) is 0 Å². The van der Waals surface area contributed by atoms with E-state index in [0.29, 0.717) is 6.54 Å². The highest BCUT2D eigenvalue weighted by Crippen LogP contribution is 2.32. The Morgan fingerprint density at radius 1 is 1.26 bits per heavy atom. The molecule has 3 rings (SSSR count). The summed E-state index contributed by atoms with van der Waals surface area (Å²) in [6.07, 6.45) is 1.49. The Kier molecular flexibility index (Phi) is 4.37. The molecule has 0 heterocycles. The van der Waals surface area contributed by atoms with Crippen molar-refractivity contribution in [3.63, 3.8) is 0 Å². The van der Waals surface area contributed by atoms with Gasteiger partial charge in [0.15, 0.2) is 0 Å². The van der Waals surface area contributed by atoms with E-state index in [1.807, 2.05) is 12.1 Å². The molecular formula is C18H17ClFNO2. The summed E-state index contributed by atoms with van der Waals surface area (Å²) in [5.74, 6) is -0.798. The summed E-state index contributed by atoms with van der Waals surface area (Å²) in [4.78, 5) is 12.3. The van der Waals surface area contributed by atoms with Crippen LogP contribution in [0.4, 0.5) is 4.39 Å². The first kappa shape index (κ1) is 16.0. The minimum atomic E-state index is -0.467. The van der Waals surface area contributed by atoms with Crippen LogP contribution in [0.2, 0.25) is 5.02 Å². The zero-order valence-electron chi connectivity index (χ0n) is 12.7. The Hall–Kier alpha value is -1.91. The summed E-state index contributed by atoms with van der Waals surface area (Å²) in [6.45, 7) is 0.366. The quantitative estimate of drug-likeness (QED) is 0.931. The van der Waals surface area contributed by atoms with Gasteiger partial charge in [0.25, 0.3) is 5.91 Å². The van der Waals surface area contributed by atoms with Crippen LogP contribution in [0.5, 0.6) is 0 Å². The van der Waals surface area contributed by atoms with Gasteiger partial charge in [0.05, 0.1) is 16.2 Å². The SMILES string of the molecule is COC1(CNC(=O)c2ccc(F)cc2Cl)Cc2ccccc2C1. The number of benzene rings is 2. The van der Waals surface area contributed by atoms with E-state index in [4.69, 9.17) is 16.3 Å². The van der Waals surface area contributed by atoms with Crippen LogP contribution in [-0.4, -0.2) is 25.2 Å². The molecule has 2 aromatic carbocycles. The summed E-state index contributed by atoms with van der Waals surface area (Å²) in [5.41, 5.74) is 2.29. The first-order chi connectivity index (χ1) is 11.0. The molecule has 0 spiro atoms. The van der Waals surface area contributed by atoms with Crippen molar-refractivity contribution in [1.82, 2.24) is 5.32 Å². The number of hydrogen-bond donors (Lipinski definition) is 1. The maximum atomic E-state index is 13.1. The fourth-order valence-corrected chi connectivity index (χ4v) is 3.26. The van der Waals surface area contributed by atoms with Gasteiger partial charge in [-0.3, -0.25) is 4.79 Å². The lowest BCUT2D eigenvalue weighted by Crippen LogP contribution is -2.45. The number of halogens is 2. The van der Waals surface area contributed by atoms with Crippen molar-refractivity contribution < 1.29 is 13.9 Å². The summed E-state index contributed by atoms with van der Waals surface area (Å²) >= 11 is 5.93. The number of ether oxygens (including phenoxy) is 1. The number of amides is 1. The Morgan fingerprint density at radius 3 is 2.48 bits per heavy atom. The number of nitrogens with one attached hydrogen (secondary N) is 1. The maximum Gasteiger partial charge on any atom is 0.252 e. The summed E-state index contributed by atoms with van der Waals surface area (Å²) < 4.78 is 18.8. The average molecular weight is 334 g/mol. The van der Waals surface area contributed by atoms with Crippen LogP contribution in [0.1, 0.15) is 21.5 Å². The summed E-state index contributed by atoms with van der Waals surface area (Å²) in [5, 5.41) is 2.96. The molecule has 0 bridgehead atoms. The van der Waals surface area contributed by atoms with Crippen LogP contribution in [-0.2, 0) is 17.6 Å². The van der Waals surface area contributed by atoms with Crippen LogP contribution in [0.15, 0.2) is 42.5 Å².